The van der Waals surface area contributed by atoms with Crippen molar-refractivity contribution in [2.45, 2.75) is 25.3 Å². The quantitative estimate of drug-likeness (QED) is 0.902. The molecule has 1 amide bonds. The molecule has 0 radical (unpaired) electrons. The molecular formula is C13H13Cl2NO3. The van der Waals surface area contributed by atoms with Gasteiger partial charge in [-0.15, -0.1) is 0 Å². The molecule has 2 N–H and O–H groups in total. The first-order valence-electron chi connectivity index (χ1n) is 5.96. The zero-order valence-electron chi connectivity index (χ0n) is 10.0. The SMILES string of the molecule is O=C(N[C@H]1CC[C@@H](C(=O)O)C1)c1ccc(Cl)cc1Cl. The molecule has 0 aromatic heterocycles. The second kappa shape index (κ2) is 5.80. The average molecular weight is 302 g/mol. The van der Waals surface area contributed by atoms with Gasteiger partial charge in [0.25, 0.3) is 5.91 Å². The van der Waals surface area contributed by atoms with Crippen LogP contribution in [0.3, 0.4) is 0 Å². The number of nitrogens with one attached hydrogen (secondary N) is 1. The number of amides is 1. The molecule has 0 bridgehead atoms. The maximum Gasteiger partial charge on any atom is 0.306 e. The minimum Gasteiger partial charge on any atom is -0.481 e. The highest BCUT2D eigenvalue weighted by molar-refractivity contribution is 6.36. The summed E-state index contributed by atoms with van der Waals surface area (Å²) in [5.41, 5.74) is 0.352. The number of rotatable bonds is 3. The van der Waals surface area contributed by atoms with Crippen LogP contribution in [0.15, 0.2) is 18.2 Å². The van der Waals surface area contributed by atoms with Gasteiger partial charge in [0.15, 0.2) is 0 Å². The van der Waals surface area contributed by atoms with Crippen LogP contribution < -0.4 is 5.32 Å². The van der Waals surface area contributed by atoms with Gasteiger partial charge in [-0.05, 0) is 37.5 Å². The van der Waals surface area contributed by atoms with Crippen molar-refractivity contribution in [2.75, 3.05) is 0 Å². The molecule has 1 aromatic carbocycles. The van der Waals surface area contributed by atoms with Crippen molar-refractivity contribution in [3.8, 4) is 0 Å². The van der Waals surface area contributed by atoms with Gasteiger partial charge in [0.2, 0.25) is 0 Å². The van der Waals surface area contributed by atoms with Crippen LogP contribution in [0.1, 0.15) is 29.6 Å². The minimum atomic E-state index is -0.804. The highest BCUT2D eigenvalue weighted by Crippen LogP contribution is 2.27. The van der Waals surface area contributed by atoms with Crippen LogP contribution in [0.25, 0.3) is 0 Å². The van der Waals surface area contributed by atoms with Gasteiger partial charge in [0.05, 0.1) is 16.5 Å². The van der Waals surface area contributed by atoms with Gasteiger partial charge < -0.3 is 10.4 Å². The van der Waals surface area contributed by atoms with Crippen LogP contribution in [-0.2, 0) is 4.79 Å². The van der Waals surface area contributed by atoms with Crippen molar-refractivity contribution in [2.24, 2.45) is 5.92 Å². The van der Waals surface area contributed by atoms with Crippen molar-refractivity contribution in [3.05, 3.63) is 33.8 Å². The van der Waals surface area contributed by atoms with Crippen LogP contribution >= 0.6 is 23.2 Å². The monoisotopic (exact) mass is 301 g/mol. The highest BCUT2D eigenvalue weighted by Gasteiger charge is 2.30. The average Bonchev–Trinajstić information content (AvgIpc) is 2.77. The lowest BCUT2D eigenvalue weighted by Gasteiger charge is -2.13. The molecule has 0 spiro atoms. The first kappa shape index (κ1) is 14.2. The highest BCUT2D eigenvalue weighted by atomic mass is 35.5. The fourth-order valence-corrected chi connectivity index (χ4v) is 2.77. The first-order chi connectivity index (χ1) is 8.97. The van der Waals surface area contributed by atoms with E-state index in [0.717, 1.165) is 0 Å². The maximum absolute atomic E-state index is 12.0. The van der Waals surface area contributed by atoms with E-state index < -0.39 is 5.97 Å². The second-order valence-corrected chi connectivity index (χ2v) is 5.49. The molecule has 0 saturated heterocycles. The summed E-state index contributed by atoms with van der Waals surface area (Å²) in [7, 11) is 0. The van der Waals surface area contributed by atoms with Crippen LogP contribution in [0.2, 0.25) is 10.0 Å². The maximum atomic E-state index is 12.0. The Labute approximate surface area is 120 Å². The molecular weight excluding hydrogens is 289 g/mol. The van der Waals surface area contributed by atoms with Gasteiger partial charge in [-0.25, -0.2) is 0 Å². The molecule has 0 heterocycles. The zero-order chi connectivity index (χ0) is 14.0. The van der Waals surface area contributed by atoms with Gasteiger partial charge in [0.1, 0.15) is 0 Å². The molecule has 1 saturated carbocycles. The smallest absolute Gasteiger partial charge is 0.306 e. The molecule has 4 nitrogen and oxygen atoms in total. The molecule has 1 fully saturated rings. The number of carbonyl (C=O) groups excluding carboxylic acids is 1. The normalized spacial score (nSPS) is 22.2. The number of hydrogen-bond acceptors (Lipinski definition) is 2. The summed E-state index contributed by atoms with van der Waals surface area (Å²) in [5.74, 6) is -1.47. The van der Waals surface area contributed by atoms with E-state index >= 15 is 0 Å². The number of carbonyl (C=O) groups is 2. The Hall–Kier alpha value is -1.26. The summed E-state index contributed by atoms with van der Waals surface area (Å²) < 4.78 is 0. The van der Waals surface area contributed by atoms with Gasteiger partial charge in [-0.3, -0.25) is 9.59 Å². The lowest BCUT2D eigenvalue weighted by Crippen LogP contribution is -2.33. The predicted octanol–water partition coefficient (Wildman–Crippen LogP) is 2.98. The van der Waals surface area contributed by atoms with E-state index in [-0.39, 0.29) is 22.9 Å². The summed E-state index contributed by atoms with van der Waals surface area (Å²) >= 11 is 11.7. The van der Waals surface area contributed by atoms with Crippen LogP contribution in [-0.4, -0.2) is 23.0 Å². The minimum absolute atomic E-state index is 0.111. The third-order valence-electron chi connectivity index (χ3n) is 3.29. The summed E-state index contributed by atoms with van der Waals surface area (Å²) in [6.07, 6.45) is 1.73. The van der Waals surface area contributed by atoms with E-state index in [0.29, 0.717) is 29.8 Å². The lowest BCUT2D eigenvalue weighted by molar-refractivity contribution is -0.141. The Morgan fingerprint density at radius 3 is 2.58 bits per heavy atom. The Bertz CT molecular complexity index is 519. The van der Waals surface area contributed by atoms with Crippen LogP contribution in [0.4, 0.5) is 0 Å². The van der Waals surface area contributed by atoms with Gasteiger partial charge in [-0.2, -0.15) is 0 Å². The largest absolute Gasteiger partial charge is 0.481 e. The molecule has 102 valence electrons. The molecule has 1 aromatic rings. The van der Waals surface area contributed by atoms with Crippen molar-refractivity contribution in [3.63, 3.8) is 0 Å². The van der Waals surface area contributed by atoms with Crippen molar-refractivity contribution < 1.29 is 14.7 Å². The third kappa shape index (κ3) is 3.39. The number of benzene rings is 1. The fourth-order valence-electron chi connectivity index (χ4n) is 2.27. The Balaban J connectivity index is 2.00. The number of carboxylic acid groups (broad SMARTS) is 1. The molecule has 19 heavy (non-hydrogen) atoms. The Morgan fingerprint density at radius 2 is 2.00 bits per heavy atom. The number of aliphatic carboxylic acids is 1. The molecule has 1 aliphatic carbocycles. The van der Waals surface area contributed by atoms with Crippen molar-refractivity contribution in [1.82, 2.24) is 5.32 Å². The van der Waals surface area contributed by atoms with Crippen LogP contribution in [0.5, 0.6) is 0 Å². The standard InChI is InChI=1S/C13H13Cl2NO3/c14-8-2-4-10(11(15)6-8)12(17)16-9-3-1-7(5-9)13(18)19/h2,4,6-7,9H,1,3,5H2,(H,16,17)(H,18,19)/t7-,9+/m1/s1. The molecule has 2 rings (SSSR count). The molecule has 1 aliphatic rings. The predicted molar refractivity (Wildman–Crippen MR) is 72.7 cm³/mol. The Kier molecular flexibility index (Phi) is 4.32. The van der Waals surface area contributed by atoms with Gasteiger partial charge in [-0.1, -0.05) is 23.2 Å². The number of halogens is 2. The van der Waals surface area contributed by atoms with E-state index in [1.54, 1.807) is 12.1 Å². The van der Waals surface area contributed by atoms with E-state index in [9.17, 15) is 9.59 Å². The van der Waals surface area contributed by atoms with Gasteiger partial charge in [0, 0.05) is 11.1 Å². The van der Waals surface area contributed by atoms with E-state index in [2.05, 4.69) is 5.32 Å². The zero-order valence-corrected chi connectivity index (χ0v) is 11.5. The van der Waals surface area contributed by atoms with E-state index in [4.69, 9.17) is 28.3 Å². The topological polar surface area (TPSA) is 66.4 Å². The molecule has 6 heteroatoms. The summed E-state index contributed by atoms with van der Waals surface area (Å²) in [4.78, 5) is 22.9. The Morgan fingerprint density at radius 1 is 1.26 bits per heavy atom. The van der Waals surface area contributed by atoms with Crippen molar-refractivity contribution in [1.29, 1.82) is 0 Å². The number of hydrogen-bond donors (Lipinski definition) is 2. The lowest BCUT2D eigenvalue weighted by atomic mass is 10.1. The number of carboxylic acids is 1. The first-order valence-corrected chi connectivity index (χ1v) is 6.71. The second-order valence-electron chi connectivity index (χ2n) is 4.64. The van der Waals surface area contributed by atoms with Gasteiger partial charge >= 0.3 is 5.97 Å². The summed E-state index contributed by atoms with van der Waals surface area (Å²) in [6, 6.07) is 4.55. The molecule has 0 unspecified atom stereocenters. The fraction of sp³-hybridized carbons (Fsp3) is 0.385. The van der Waals surface area contributed by atoms with Crippen LogP contribution in [0, 0.1) is 5.92 Å². The third-order valence-corrected chi connectivity index (χ3v) is 3.84. The van der Waals surface area contributed by atoms with Crippen molar-refractivity contribution >= 4 is 35.1 Å². The molecule has 2 atom stereocenters. The summed E-state index contributed by atoms with van der Waals surface area (Å²) in [6.45, 7) is 0. The summed E-state index contributed by atoms with van der Waals surface area (Å²) in [5, 5.41) is 12.5. The van der Waals surface area contributed by atoms with E-state index in [1.165, 1.54) is 6.07 Å². The molecule has 0 aliphatic heterocycles. The van der Waals surface area contributed by atoms with E-state index in [1.807, 2.05) is 0 Å².